The predicted octanol–water partition coefficient (Wildman–Crippen LogP) is 5.76. The molecular weight excluding hydrogens is 416 g/mol. The Morgan fingerprint density at radius 3 is 2.47 bits per heavy atom. The molecule has 0 saturated carbocycles. The Morgan fingerprint density at radius 1 is 1.07 bits per heavy atom. The highest BCUT2D eigenvalue weighted by molar-refractivity contribution is 7.16. The first kappa shape index (κ1) is 20.3. The summed E-state index contributed by atoms with van der Waals surface area (Å²) in [6, 6.07) is 17.5. The number of amides is 1. The standard InChI is InChI=1S/C23H21ClN4OS/c1-14-20(15(2)28(27-14)19-7-5-4-6-8-19)13-21(29)25-23-26-22(16(3)30-23)17-9-11-18(24)12-10-17/h4-12H,13H2,1-3H3,(H,25,26,29). The first-order chi connectivity index (χ1) is 14.4. The minimum atomic E-state index is -0.106. The number of nitrogens with zero attached hydrogens (tertiary/aromatic N) is 3. The lowest BCUT2D eigenvalue weighted by atomic mass is 10.1. The molecule has 2 heterocycles. The molecule has 0 unspecified atom stereocenters. The van der Waals surface area contributed by atoms with Crippen LogP contribution in [0.1, 0.15) is 21.8 Å². The molecule has 0 radical (unpaired) electrons. The number of para-hydroxylation sites is 1. The largest absolute Gasteiger partial charge is 0.302 e. The number of aromatic nitrogens is 3. The van der Waals surface area contributed by atoms with E-state index in [1.54, 1.807) is 0 Å². The number of benzene rings is 2. The summed E-state index contributed by atoms with van der Waals surface area (Å²) in [5.41, 5.74) is 5.56. The van der Waals surface area contributed by atoms with Crippen molar-refractivity contribution in [1.29, 1.82) is 0 Å². The Labute approximate surface area is 184 Å². The fourth-order valence-corrected chi connectivity index (χ4v) is 4.38. The summed E-state index contributed by atoms with van der Waals surface area (Å²) < 4.78 is 1.88. The van der Waals surface area contributed by atoms with Gasteiger partial charge in [-0.05, 0) is 45.0 Å². The molecule has 0 atom stereocenters. The van der Waals surface area contributed by atoms with E-state index >= 15 is 0 Å². The van der Waals surface area contributed by atoms with Crippen LogP contribution in [0.15, 0.2) is 54.6 Å². The van der Waals surface area contributed by atoms with Crippen molar-refractivity contribution in [2.75, 3.05) is 5.32 Å². The van der Waals surface area contributed by atoms with E-state index in [9.17, 15) is 4.79 Å². The quantitative estimate of drug-likeness (QED) is 0.433. The Hall–Kier alpha value is -2.96. The minimum absolute atomic E-state index is 0.106. The van der Waals surface area contributed by atoms with E-state index < -0.39 is 0 Å². The fourth-order valence-electron chi connectivity index (χ4n) is 3.40. The molecule has 1 N–H and O–H groups in total. The monoisotopic (exact) mass is 436 g/mol. The topological polar surface area (TPSA) is 59.8 Å². The second kappa shape index (κ2) is 8.42. The third kappa shape index (κ3) is 4.15. The zero-order chi connectivity index (χ0) is 21.3. The second-order valence-corrected chi connectivity index (χ2v) is 8.69. The maximum absolute atomic E-state index is 12.7. The summed E-state index contributed by atoms with van der Waals surface area (Å²) in [5.74, 6) is -0.106. The second-order valence-electron chi connectivity index (χ2n) is 7.05. The molecule has 1 amide bonds. The maximum atomic E-state index is 12.7. The van der Waals surface area contributed by atoms with Gasteiger partial charge in [0.25, 0.3) is 0 Å². The molecule has 152 valence electrons. The molecule has 0 bridgehead atoms. The van der Waals surface area contributed by atoms with Crippen molar-refractivity contribution in [3.05, 3.63) is 81.4 Å². The normalized spacial score (nSPS) is 10.9. The first-order valence-corrected chi connectivity index (χ1v) is 10.8. The first-order valence-electron chi connectivity index (χ1n) is 9.56. The van der Waals surface area contributed by atoms with Crippen LogP contribution in [0.2, 0.25) is 5.02 Å². The molecule has 0 aliphatic carbocycles. The van der Waals surface area contributed by atoms with Crippen LogP contribution >= 0.6 is 22.9 Å². The van der Waals surface area contributed by atoms with Gasteiger partial charge in [0, 0.05) is 26.7 Å². The molecule has 0 aliphatic heterocycles. The fraction of sp³-hybridized carbons (Fsp3) is 0.174. The number of carbonyl (C=O) groups excluding carboxylic acids is 1. The summed E-state index contributed by atoms with van der Waals surface area (Å²) in [7, 11) is 0. The number of thiazole rings is 1. The van der Waals surface area contributed by atoms with Crippen LogP contribution in [0.4, 0.5) is 5.13 Å². The van der Waals surface area contributed by atoms with Crippen LogP contribution in [0.5, 0.6) is 0 Å². The van der Waals surface area contributed by atoms with E-state index in [1.807, 2.05) is 80.1 Å². The zero-order valence-corrected chi connectivity index (χ0v) is 18.5. The van der Waals surface area contributed by atoms with Gasteiger partial charge in [-0.1, -0.05) is 41.9 Å². The van der Waals surface area contributed by atoms with E-state index in [1.165, 1.54) is 11.3 Å². The lowest BCUT2D eigenvalue weighted by molar-refractivity contribution is -0.115. The van der Waals surface area contributed by atoms with Gasteiger partial charge in [0.2, 0.25) is 5.91 Å². The van der Waals surface area contributed by atoms with Gasteiger partial charge in [-0.25, -0.2) is 9.67 Å². The SMILES string of the molecule is Cc1nn(-c2ccccc2)c(C)c1CC(=O)Nc1nc(-c2ccc(Cl)cc2)c(C)s1. The summed E-state index contributed by atoms with van der Waals surface area (Å²) in [6.07, 6.45) is 0.249. The number of anilines is 1. The average Bonchev–Trinajstić information content (AvgIpc) is 3.23. The molecule has 2 aromatic heterocycles. The van der Waals surface area contributed by atoms with Crippen molar-refractivity contribution >= 4 is 34.0 Å². The molecule has 0 aliphatic rings. The highest BCUT2D eigenvalue weighted by Crippen LogP contribution is 2.31. The maximum Gasteiger partial charge on any atom is 0.230 e. The van der Waals surface area contributed by atoms with Gasteiger partial charge in [-0.3, -0.25) is 4.79 Å². The Kier molecular flexibility index (Phi) is 5.70. The number of hydrogen-bond donors (Lipinski definition) is 1. The van der Waals surface area contributed by atoms with E-state index in [0.717, 1.165) is 38.8 Å². The lowest BCUT2D eigenvalue weighted by Crippen LogP contribution is -2.15. The lowest BCUT2D eigenvalue weighted by Gasteiger charge is -2.05. The minimum Gasteiger partial charge on any atom is -0.302 e. The van der Waals surface area contributed by atoms with Crippen molar-refractivity contribution in [1.82, 2.24) is 14.8 Å². The summed E-state index contributed by atoms with van der Waals surface area (Å²) >= 11 is 7.44. The van der Waals surface area contributed by atoms with Crippen LogP contribution in [0.3, 0.4) is 0 Å². The average molecular weight is 437 g/mol. The molecule has 7 heteroatoms. The molecule has 4 aromatic rings. The van der Waals surface area contributed by atoms with Gasteiger partial charge < -0.3 is 5.32 Å². The number of hydrogen-bond acceptors (Lipinski definition) is 4. The predicted molar refractivity (Wildman–Crippen MR) is 123 cm³/mol. The highest BCUT2D eigenvalue weighted by Gasteiger charge is 2.18. The molecule has 0 saturated heterocycles. The van der Waals surface area contributed by atoms with E-state index in [0.29, 0.717) is 10.2 Å². The van der Waals surface area contributed by atoms with E-state index in [4.69, 9.17) is 11.6 Å². The number of carbonyl (C=O) groups is 1. The number of rotatable bonds is 5. The smallest absolute Gasteiger partial charge is 0.230 e. The van der Waals surface area contributed by atoms with Gasteiger partial charge in [0.05, 0.1) is 23.5 Å². The molecule has 0 fully saturated rings. The van der Waals surface area contributed by atoms with Crippen LogP contribution in [0, 0.1) is 20.8 Å². The van der Waals surface area contributed by atoms with Crippen molar-refractivity contribution in [2.24, 2.45) is 0 Å². The van der Waals surface area contributed by atoms with E-state index in [2.05, 4.69) is 15.4 Å². The number of aryl methyl sites for hydroxylation is 2. The Bertz CT molecular complexity index is 1200. The third-order valence-electron chi connectivity index (χ3n) is 4.94. The van der Waals surface area contributed by atoms with Gasteiger partial charge in [-0.15, -0.1) is 11.3 Å². The molecular formula is C23H21ClN4OS. The molecule has 0 spiro atoms. The molecule has 5 nitrogen and oxygen atoms in total. The summed E-state index contributed by atoms with van der Waals surface area (Å²) in [6.45, 7) is 5.92. The van der Waals surface area contributed by atoms with Gasteiger partial charge in [0.15, 0.2) is 5.13 Å². The molecule has 2 aromatic carbocycles. The van der Waals surface area contributed by atoms with Gasteiger partial charge in [-0.2, -0.15) is 5.10 Å². The van der Waals surface area contributed by atoms with Crippen molar-refractivity contribution < 1.29 is 4.79 Å². The van der Waals surface area contributed by atoms with Crippen molar-refractivity contribution in [3.63, 3.8) is 0 Å². The van der Waals surface area contributed by atoms with Crippen LogP contribution in [-0.4, -0.2) is 20.7 Å². The third-order valence-corrected chi connectivity index (χ3v) is 6.08. The number of halogens is 1. The van der Waals surface area contributed by atoms with Crippen LogP contribution in [-0.2, 0) is 11.2 Å². The van der Waals surface area contributed by atoms with E-state index in [-0.39, 0.29) is 12.3 Å². The van der Waals surface area contributed by atoms with Crippen LogP contribution in [0.25, 0.3) is 16.9 Å². The summed E-state index contributed by atoms with van der Waals surface area (Å²) in [4.78, 5) is 18.4. The highest BCUT2D eigenvalue weighted by atomic mass is 35.5. The Balaban J connectivity index is 1.51. The van der Waals surface area contributed by atoms with Crippen molar-refractivity contribution in [3.8, 4) is 16.9 Å². The summed E-state index contributed by atoms with van der Waals surface area (Å²) in [5, 5.41) is 8.83. The van der Waals surface area contributed by atoms with Crippen LogP contribution < -0.4 is 5.32 Å². The number of nitrogens with one attached hydrogen (secondary N) is 1. The molecule has 4 rings (SSSR count). The van der Waals surface area contributed by atoms with Gasteiger partial charge >= 0.3 is 0 Å². The Morgan fingerprint density at radius 2 is 1.77 bits per heavy atom. The zero-order valence-electron chi connectivity index (χ0n) is 16.9. The van der Waals surface area contributed by atoms with Crippen molar-refractivity contribution in [2.45, 2.75) is 27.2 Å². The van der Waals surface area contributed by atoms with Gasteiger partial charge in [0.1, 0.15) is 0 Å². The molecule has 30 heavy (non-hydrogen) atoms.